The molecule has 38 heavy (non-hydrogen) atoms. The molecule has 0 spiro atoms. The van der Waals surface area contributed by atoms with Crippen LogP contribution in [0, 0.1) is 0 Å². The van der Waals surface area contributed by atoms with Crippen LogP contribution in [0.4, 0.5) is 11.4 Å². The second kappa shape index (κ2) is 11.0. The van der Waals surface area contributed by atoms with Crippen molar-refractivity contribution in [3.05, 3.63) is 89.0 Å². The minimum absolute atomic E-state index is 0.0201. The molecule has 202 valence electrons. The highest BCUT2D eigenvalue weighted by atomic mass is 16.5. The van der Waals surface area contributed by atoms with E-state index in [2.05, 4.69) is 85.1 Å². The Morgan fingerprint density at radius 2 is 1.21 bits per heavy atom. The largest absolute Gasteiger partial charge is 0.483 e. The summed E-state index contributed by atoms with van der Waals surface area (Å²) in [7, 11) is 0. The van der Waals surface area contributed by atoms with Gasteiger partial charge in [-0.25, -0.2) is 0 Å². The predicted octanol–water partition coefficient (Wildman–Crippen LogP) is 7.85. The monoisotopic (exact) mass is 514 g/mol. The van der Waals surface area contributed by atoms with Gasteiger partial charge in [-0.05, 0) is 69.3 Å². The van der Waals surface area contributed by atoms with Crippen LogP contribution in [0.2, 0.25) is 0 Å². The number of amides is 2. The molecule has 0 aromatic heterocycles. The highest BCUT2D eigenvalue weighted by Gasteiger charge is 2.23. The van der Waals surface area contributed by atoms with E-state index < -0.39 is 0 Å². The fraction of sp³-hybridized carbons (Fsp3) is 0.394. The van der Waals surface area contributed by atoms with Crippen molar-refractivity contribution in [1.82, 2.24) is 0 Å². The normalized spacial score (nSPS) is 12.1. The van der Waals surface area contributed by atoms with Gasteiger partial charge in [-0.1, -0.05) is 92.6 Å². The lowest BCUT2D eigenvalue weighted by atomic mass is 9.80. The SMILES string of the molecule is CC(C)(C)c1ccc(C(=O)Nc2cccc(NC(=O)COc3ccc(C(C)(C)C)cc3C(C)(C)C)c2)cc1. The molecule has 0 atom stereocenters. The highest BCUT2D eigenvalue weighted by molar-refractivity contribution is 6.04. The molecule has 0 saturated carbocycles. The van der Waals surface area contributed by atoms with Gasteiger partial charge in [-0.3, -0.25) is 9.59 Å². The summed E-state index contributed by atoms with van der Waals surface area (Å²) in [6, 6.07) is 20.9. The first-order valence-electron chi connectivity index (χ1n) is 13.1. The van der Waals surface area contributed by atoms with Gasteiger partial charge in [0.2, 0.25) is 0 Å². The lowest BCUT2D eigenvalue weighted by Gasteiger charge is -2.27. The Hall–Kier alpha value is -3.60. The molecule has 3 rings (SSSR count). The molecule has 3 aromatic carbocycles. The van der Waals surface area contributed by atoms with Gasteiger partial charge < -0.3 is 15.4 Å². The van der Waals surface area contributed by atoms with Crippen LogP contribution in [-0.2, 0) is 21.0 Å². The topological polar surface area (TPSA) is 67.4 Å². The summed E-state index contributed by atoms with van der Waals surface area (Å²) in [5.41, 5.74) is 5.13. The first kappa shape index (κ1) is 29.0. The minimum atomic E-state index is -0.272. The van der Waals surface area contributed by atoms with E-state index in [1.165, 1.54) is 11.1 Å². The molecule has 3 aromatic rings. The van der Waals surface area contributed by atoms with Gasteiger partial charge in [0.25, 0.3) is 11.8 Å². The first-order chi connectivity index (χ1) is 17.5. The van der Waals surface area contributed by atoms with Crippen LogP contribution in [0.15, 0.2) is 66.7 Å². The summed E-state index contributed by atoms with van der Waals surface area (Å²) in [5, 5.41) is 5.78. The molecule has 0 fully saturated rings. The molecule has 0 aliphatic rings. The van der Waals surface area contributed by atoms with Crippen molar-refractivity contribution in [2.24, 2.45) is 0 Å². The van der Waals surface area contributed by atoms with Crippen molar-refractivity contribution >= 4 is 23.2 Å². The van der Waals surface area contributed by atoms with Gasteiger partial charge in [0.15, 0.2) is 6.61 Å². The average Bonchev–Trinajstić information content (AvgIpc) is 2.81. The third kappa shape index (κ3) is 7.70. The van der Waals surface area contributed by atoms with Crippen molar-refractivity contribution in [3.63, 3.8) is 0 Å². The minimum Gasteiger partial charge on any atom is -0.483 e. The Morgan fingerprint density at radius 3 is 1.76 bits per heavy atom. The molecule has 5 nitrogen and oxygen atoms in total. The van der Waals surface area contributed by atoms with E-state index in [1.54, 1.807) is 24.3 Å². The Kier molecular flexibility index (Phi) is 8.40. The smallest absolute Gasteiger partial charge is 0.262 e. The number of carbonyl (C=O) groups excluding carboxylic acids is 2. The summed E-state index contributed by atoms with van der Waals surface area (Å²) in [4.78, 5) is 25.5. The van der Waals surface area contributed by atoms with Gasteiger partial charge >= 0.3 is 0 Å². The Bertz CT molecular complexity index is 1290. The van der Waals surface area contributed by atoms with E-state index in [1.807, 2.05) is 30.3 Å². The zero-order valence-electron chi connectivity index (χ0n) is 24.3. The fourth-order valence-corrected chi connectivity index (χ4v) is 4.05. The van der Waals surface area contributed by atoms with Crippen molar-refractivity contribution in [2.45, 2.75) is 78.6 Å². The molecule has 2 N–H and O–H groups in total. The van der Waals surface area contributed by atoms with Gasteiger partial charge in [0.1, 0.15) is 5.75 Å². The summed E-state index contributed by atoms with van der Waals surface area (Å²) < 4.78 is 5.97. The zero-order chi connectivity index (χ0) is 28.3. The number of nitrogens with one attached hydrogen (secondary N) is 2. The van der Waals surface area contributed by atoms with E-state index in [0.29, 0.717) is 22.7 Å². The van der Waals surface area contributed by atoms with E-state index in [4.69, 9.17) is 4.74 Å². The number of ether oxygens (including phenoxy) is 1. The van der Waals surface area contributed by atoms with Crippen molar-refractivity contribution in [3.8, 4) is 5.75 Å². The second-order valence-electron chi connectivity index (χ2n) is 12.9. The van der Waals surface area contributed by atoms with Crippen LogP contribution in [0.5, 0.6) is 5.75 Å². The lowest BCUT2D eigenvalue weighted by Crippen LogP contribution is -2.23. The van der Waals surface area contributed by atoms with Crippen LogP contribution in [-0.4, -0.2) is 18.4 Å². The van der Waals surface area contributed by atoms with E-state index in [9.17, 15) is 9.59 Å². The maximum atomic E-state index is 12.7. The summed E-state index contributed by atoms with van der Waals surface area (Å²) in [5.74, 6) is 0.232. The third-order valence-electron chi connectivity index (χ3n) is 6.43. The number of rotatable bonds is 6. The number of benzene rings is 3. The molecule has 0 bridgehead atoms. The van der Waals surface area contributed by atoms with Crippen molar-refractivity contribution < 1.29 is 14.3 Å². The molecule has 0 heterocycles. The summed E-state index contributed by atoms with van der Waals surface area (Å²) >= 11 is 0. The predicted molar refractivity (Wildman–Crippen MR) is 158 cm³/mol. The number of hydrogen-bond acceptors (Lipinski definition) is 3. The maximum Gasteiger partial charge on any atom is 0.262 e. The van der Waals surface area contributed by atoms with E-state index >= 15 is 0 Å². The lowest BCUT2D eigenvalue weighted by molar-refractivity contribution is -0.118. The van der Waals surface area contributed by atoms with E-state index in [-0.39, 0.29) is 34.7 Å². The molecule has 2 amide bonds. The second-order valence-corrected chi connectivity index (χ2v) is 12.9. The molecule has 5 heteroatoms. The number of carbonyl (C=O) groups is 2. The average molecular weight is 515 g/mol. The third-order valence-corrected chi connectivity index (χ3v) is 6.43. The molecule has 0 saturated heterocycles. The van der Waals surface area contributed by atoms with Crippen LogP contribution in [0.25, 0.3) is 0 Å². The number of hydrogen-bond donors (Lipinski definition) is 2. The first-order valence-corrected chi connectivity index (χ1v) is 13.1. The summed E-state index contributed by atoms with van der Waals surface area (Å²) in [6.45, 7) is 19.3. The van der Waals surface area contributed by atoms with Crippen LogP contribution in [0.3, 0.4) is 0 Å². The van der Waals surface area contributed by atoms with Gasteiger partial charge in [0.05, 0.1) is 0 Å². The van der Waals surface area contributed by atoms with Crippen LogP contribution < -0.4 is 15.4 Å². The molecule has 0 radical (unpaired) electrons. The van der Waals surface area contributed by atoms with Crippen molar-refractivity contribution in [2.75, 3.05) is 17.2 Å². The Labute approximate surface area is 228 Å². The zero-order valence-corrected chi connectivity index (χ0v) is 24.3. The summed E-state index contributed by atoms with van der Waals surface area (Å²) in [6.07, 6.45) is 0. The van der Waals surface area contributed by atoms with Crippen LogP contribution >= 0.6 is 0 Å². The number of anilines is 2. The standard InChI is InChI=1S/C33H42N2O3/c1-31(2,3)23-15-13-22(14-16-23)30(37)35-26-12-10-11-25(20-26)34-29(36)21-38-28-18-17-24(32(4,5)6)19-27(28)33(7,8)9/h10-20H,21H2,1-9H3,(H,34,36)(H,35,37). The van der Waals surface area contributed by atoms with Crippen molar-refractivity contribution in [1.29, 1.82) is 0 Å². The Balaban J connectivity index is 1.64. The highest BCUT2D eigenvalue weighted by Crippen LogP contribution is 2.35. The molecular weight excluding hydrogens is 472 g/mol. The molecule has 0 unspecified atom stereocenters. The molecule has 0 aliphatic carbocycles. The van der Waals surface area contributed by atoms with Gasteiger partial charge in [-0.2, -0.15) is 0 Å². The molecular formula is C33H42N2O3. The van der Waals surface area contributed by atoms with E-state index in [0.717, 1.165) is 5.56 Å². The van der Waals surface area contributed by atoms with Crippen LogP contribution in [0.1, 0.15) is 89.4 Å². The van der Waals surface area contributed by atoms with Gasteiger partial charge in [-0.15, -0.1) is 0 Å². The quantitative estimate of drug-likeness (QED) is 0.352. The fourth-order valence-electron chi connectivity index (χ4n) is 4.05. The Morgan fingerprint density at radius 1 is 0.658 bits per heavy atom. The van der Waals surface area contributed by atoms with Gasteiger partial charge in [0, 0.05) is 16.9 Å². The molecule has 0 aliphatic heterocycles. The maximum absolute atomic E-state index is 12.7.